The highest BCUT2D eigenvalue weighted by molar-refractivity contribution is 7.19. The van der Waals surface area contributed by atoms with Crippen LogP contribution in [0.15, 0.2) is 53.1 Å². The molecule has 3 aromatic rings. The van der Waals surface area contributed by atoms with E-state index in [9.17, 15) is 0 Å². The van der Waals surface area contributed by atoms with Crippen LogP contribution in [0.3, 0.4) is 0 Å². The van der Waals surface area contributed by atoms with Crippen molar-refractivity contribution in [3.05, 3.63) is 59.4 Å². The predicted octanol–water partition coefficient (Wildman–Crippen LogP) is 3.80. The first-order valence-corrected chi connectivity index (χ1v) is 6.39. The van der Waals surface area contributed by atoms with E-state index in [2.05, 4.69) is 35.6 Å². The lowest BCUT2D eigenvalue weighted by molar-refractivity contribution is 0.466. The lowest BCUT2D eigenvalue weighted by Gasteiger charge is -2.10. The molecule has 0 aliphatic heterocycles. The zero-order valence-electron chi connectivity index (χ0n) is 9.51. The number of furan rings is 1. The van der Waals surface area contributed by atoms with E-state index in [-0.39, 0.29) is 6.04 Å². The Labute approximate surface area is 104 Å². The Morgan fingerprint density at radius 2 is 2.06 bits per heavy atom. The molecule has 0 bridgehead atoms. The molecular weight excluding hydrogens is 230 g/mol. The highest BCUT2D eigenvalue weighted by atomic mass is 32.1. The van der Waals surface area contributed by atoms with Crippen molar-refractivity contribution in [3.63, 3.8) is 0 Å². The minimum atomic E-state index is 0.141. The molecule has 3 rings (SSSR count). The summed E-state index contributed by atoms with van der Waals surface area (Å²) in [6.45, 7) is 0. The molecule has 0 saturated heterocycles. The van der Waals surface area contributed by atoms with Crippen LogP contribution in [0.1, 0.15) is 16.7 Å². The van der Waals surface area contributed by atoms with Crippen molar-refractivity contribution in [3.8, 4) is 0 Å². The van der Waals surface area contributed by atoms with E-state index in [4.69, 9.17) is 4.42 Å². The molecular formula is C14H13NOS. The zero-order chi connectivity index (χ0) is 11.7. The van der Waals surface area contributed by atoms with Crippen LogP contribution >= 0.6 is 11.3 Å². The van der Waals surface area contributed by atoms with Gasteiger partial charge in [0.1, 0.15) is 11.8 Å². The van der Waals surface area contributed by atoms with E-state index >= 15 is 0 Å². The summed E-state index contributed by atoms with van der Waals surface area (Å²) in [5.74, 6) is 0.957. The molecule has 1 N–H and O–H groups in total. The molecule has 0 amide bonds. The smallest absolute Gasteiger partial charge is 0.126 e. The summed E-state index contributed by atoms with van der Waals surface area (Å²) < 4.78 is 6.80. The van der Waals surface area contributed by atoms with Gasteiger partial charge in [-0.15, -0.1) is 11.3 Å². The molecule has 0 aliphatic carbocycles. The second kappa shape index (κ2) is 4.35. The fourth-order valence-electron chi connectivity index (χ4n) is 2.02. The molecule has 1 aromatic carbocycles. The number of hydrogen-bond donors (Lipinski definition) is 1. The van der Waals surface area contributed by atoms with Gasteiger partial charge in [0.05, 0.1) is 6.26 Å². The van der Waals surface area contributed by atoms with Crippen molar-refractivity contribution in [2.75, 3.05) is 7.05 Å². The van der Waals surface area contributed by atoms with Gasteiger partial charge in [-0.25, -0.2) is 0 Å². The first-order chi connectivity index (χ1) is 8.38. The van der Waals surface area contributed by atoms with Gasteiger partial charge in [-0.3, -0.25) is 0 Å². The van der Waals surface area contributed by atoms with Crippen LogP contribution in [0.5, 0.6) is 0 Å². The second-order valence-corrected chi connectivity index (χ2v) is 5.04. The van der Waals surface area contributed by atoms with Crippen molar-refractivity contribution in [2.24, 2.45) is 0 Å². The first-order valence-electron chi connectivity index (χ1n) is 5.57. The number of rotatable bonds is 3. The summed E-state index contributed by atoms with van der Waals surface area (Å²) in [6, 6.07) is 14.7. The fraction of sp³-hybridized carbons (Fsp3) is 0.143. The zero-order valence-corrected chi connectivity index (χ0v) is 10.3. The molecule has 0 saturated carbocycles. The Morgan fingerprint density at radius 3 is 2.76 bits per heavy atom. The number of thiophene rings is 1. The predicted molar refractivity (Wildman–Crippen MR) is 71.4 cm³/mol. The highest BCUT2D eigenvalue weighted by Crippen LogP contribution is 2.32. The van der Waals surface area contributed by atoms with E-state index in [1.165, 1.54) is 15.0 Å². The lowest BCUT2D eigenvalue weighted by atomic mass is 10.1. The summed E-state index contributed by atoms with van der Waals surface area (Å²) in [5.41, 5.74) is 0. The normalized spacial score (nSPS) is 13.0. The van der Waals surface area contributed by atoms with Crippen molar-refractivity contribution in [1.82, 2.24) is 5.32 Å². The molecule has 2 aromatic heterocycles. The third kappa shape index (κ3) is 1.88. The fourth-order valence-corrected chi connectivity index (χ4v) is 3.21. The van der Waals surface area contributed by atoms with E-state index in [0.29, 0.717) is 0 Å². The molecule has 0 spiro atoms. The first kappa shape index (κ1) is 10.6. The molecule has 0 radical (unpaired) electrons. The Bertz CT molecular complexity index is 579. The van der Waals surface area contributed by atoms with Crippen molar-refractivity contribution >= 4 is 21.4 Å². The van der Waals surface area contributed by atoms with Gasteiger partial charge in [-0.05, 0) is 36.7 Å². The molecule has 3 heteroatoms. The van der Waals surface area contributed by atoms with Crippen molar-refractivity contribution in [1.29, 1.82) is 0 Å². The summed E-state index contributed by atoms with van der Waals surface area (Å²) in [4.78, 5) is 1.28. The summed E-state index contributed by atoms with van der Waals surface area (Å²) in [7, 11) is 1.96. The molecule has 0 fully saturated rings. The maximum atomic E-state index is 5.48. The maximum absolute atomic E-state index is 5.48. The molecule has 2 heterocycles. The summed E-state index contributed by atoms with van der Waals surface area (Å²) >= 11 is 1.81. The molecule has 1 unspecified atom stereocenters. The van der Waals surface area contributed by atoms with Crippen LogP contribution in [-0.4, -0.2) is 7.05 Å². The molecule has 17 heavy (non-hydrogen) atoms. The minimum absolute atomic E-state index is 0.141. The quantitative estimate of drug-likeness (QED) is 0.757. The van der Waals surface area contributed by atoms with E-state index in [1.807, 2.05) is 19.2 Å². The van der Waals surface area contributed by atoms with Gasteiger partial charge in [-0.2, -0.15) is 0 Å². The highest BCUT2D eigenvalue weighted by Gasteiger charge is 2.16. The monoisotopic (exact) mass is 243 g/mol. The average molecular weight is 243 g/mol. The van der Waals surface area contributed by atoms with Crippen LogP contribution < -0.4 is 5.32 Å². The lowest BCUT2D eigenvalue weighted by Crippen LogP contribution is -2.15. The SMILES string of the molecule is CNC(c1ccco1)c1cc2ccccc2s1. The van der Waals surface area contributed by atoms with E-state index in [0.717, 1.165) is 5.76 Å². The van der Waals surface area contributed by atoms with Crippen LogP contribution in [-0.2, 0) is 0 Å². The second-order valence-electron chi connectivity index (χ2n) is 3.92. The van der Waals surface area contributed by atoms with Gasteiger partial charge < -0.3 is 9.73 Å². The van der Waals surface area contributed by atoms with Crippen molar-refractivity contribution < 1.29 is 4.42 Å². The molecule has 2 nitrogen and oxygen atoms in total. The van der Waals surface area contributed by atoms with E-state index < -0.39 is 0 Å². The van der Waals surface area contributed by atoms with Crippen LogP contribution in [0.25, 0.3) is 10.1 Å². The number of benzene rings is 1. The summed E-state index contributed by atoms with van der Waals surface area (Å²) in [6.07, 6.45) is 1.72. The number of fused-ring (bicyclic) bond motifs is 1. The third-order valence-electron chi connectivity index (χ3n) is 2.85. The van der Waals surface area contributed by atoms with Gasteiger partial charge in [0.25, 0.3) is 0 Å². The van der Waals surface area contributed by atoms with Crippen LogP contribution in [0.2, 0.25) is 0 Å². The van der Waals surface area contributed by atoms with Gasteiger partial charge >= 0.3 is 0 Å². The molecule has 1 atom stereocenters. The third-order valence-corrected chi connectivity index (χ3v) is 4.03. The van der Waals surface area contributed by atoms with Gasteiger partial charge in [0.2, 0.25) is 0 Å². The van der Waals surface area contributed by atoms with Gasteiger partial charge in [0.15, 0.2) is 0 Å². The Morgan fingerprint density at radius 1 is 1.18 bits per heavy atom. The largest absolute Gasteiger partial charge is 0.467 e. The maximum Gasteiger partial charge on any atom is 0.126 e. The molecule has 0 aliphatic rings. The Kier molecular flexibility index (Phi) is 2.71. The van der Waals surface area contributed by atoms with Gasteiger partial charge in [0, 0.05) is 9.58 Å². The summed E-state index contributed by atoms with van der Waals surface area (Å²) in [5, 5.41) is 4.59. The van der Waals surface area contributed by atoms with Crippen LogP contribution in [0, 0.1) is 0 Å². The van der Waals surface area contributed by atoms with Crippen molar-refractivity contribution in [2.45, 2.75) is 6.04 Å². The Balaban J connectivity index is 2.07. The Hall–Kier alpha value is -1.58. The topological polar surface area (TPSA) is 25.2 Å². The van der Waals surface area contributed by atoms with Crippen LogP contribution in [0.4, 0.5) is 0 Å². The molecule has 86 valence electrons. The number of nitrogens with one attached hydrogen (secondary N) is 1. The van der Waals surface area contributed by atoms with E-state index in [1.54, 1.807) is 17.6 Å². The standard InChI is InChI=1S/C14H13NOS/c1-15-14(11-6-4-8-16-11)13-9-10-5-2-3-7-12(10)17-13/h2-9,14-15H,1H3. The average Bonchev–Trinajstić information content (AvgIpc) is 2.98. The minimum Gasteiger partial charge on any atom is -0.467 e. The van der Waals surface area contributed by atoms with Gasteiger partial charge in [-0.1, -0.05) is 18.2 Å². The number of hydrogen-bond acceptors (Lipinski definition) is 3.